The van der Waals surface area contributed by atoms with Gasteiger partial charge in [0, 0.05) is 6.54 Å². The fraction of sp³-hybridized carbons (Fsp3) is 0.676. The highest BCUT2D eigenvalue weighted by molar-refractivity contribution is 7.91. The van der Waals surface area contributed by atoms with E-state index < -0.39 is 68.5 Å². The van der Waals surface area contributed by atoms with Gasteiger partial charge in [0.25, 0.3) is 5.91 Å². The van der Waals surface area contributed by atoms with E-state index in [9.17, 15) is 32.4 Å². The number of likely N-dealkylation sites (tertiary alicyclic amines) is 1. The molecule has 4 fully saturated rings. The first kappa shape index (κ1) is 34.8. The molecule has 3 saturated carbocycles. The van der Waals surface area contributed by atoms with Crippen LogP contribution in [0.5, 0.6) is 0 Å². The molecule has 4 aliphatic rings. The number of hydrogen-bond acceptors (Lipinski definition) is 7. The molecule has 12 nitrogen and oxygen atoms in total. The highest BCUT2D eigenvalue weighted by Crippen LogP contribution is 2.65. The molecule has 0 bridgehead atoms. The summed E-state index contributed by atoms with van der Waals surface area (Å²) < 4.78 is 26.7. The van der Waals surface area contributed by atoms with E-state index in [1.165, 1.54) is 4.90 Å². The maximum Gasteiger partial charge on any atom is 0.315 e. The van der Waals surface area contributed by atoms with Gasteiger partial charge in [0.2, 0.25) is 17.6 Å². The Bertz CT molecular complexity index is 1530. The number of carbonyl (C=O) groups excluding carboxylic acids is 5. The summed E-state index contributed by atoms with van der Waals surface area (Å²) in [5.74, 6) is -3.05. The Morgan fingerprint density at radius 3 is 2.17 bits per heavy atom. The van der Waals surface area contributed by atoms with Gasteiger partial charge in [-0.25, -0.2) is 13.2 Å². The number of nitrogens with zero attached hydrogens (tertiary/aromatic N) is 1. The summed E-state index contributed by atoms with van der Waals surface area (Å²) in [6.07, 6.45) is 4.62. The average Bonchev–Trinajstić information content (AvgIpc) is 3.74. The molecule has 1 aromatic carbocycles. The molecule has 5 atom stereocenters. The third-order valence-electron chi connectivity index (χ3n) is 10.8. The number of nitrogens with two attached hydrogens (primary N) is 1. The predicted octanol–water partition coefficient (Wildman–Crippen LogP) is 2.31. The number of urea groups is 1. The molecule has 5 rings (SSSR count). The minimum absolute atomic E-state index is 0.0512. The van der Waals surface area contributed by atoms with Crippen molar-refractivity contribution in [2.45, 2.75) is 108 Å². The molecule has 1 heterocycles. The maximum absolute atomic E-state index is 14.3. The zero-order chi connectivity index (χ0) is 34.5. The van der Waals surface area contributed by atoms with Crippen LogP contribution in [0.2, 0.25) is 0 Å². The van der Waals surface area contributed by atoms with Crippen LogP contribution in [0.25, 0.3) is 0 Å². The first-order valence-corrected chi connectivity index (χ1v) is 18.3. The molecule has 47 heavy (non-hydrogen) atoms. The summed E-state index contributed by atoms with van der Waals surface area (Å²) >= 11 is 0. The number of carbonyl (C=O) groups is 5. The lowest BCUT2D eigenvalue weighted by Gasteiger charge is -2.39. The predicted molar refractivity (Wildman–Crippen MR) is 174 cm³/mol. The summed E-state index contributed by atoms with van der Waals surface area (Å²) in [6.45, 7) is 9.83. The minimum Gasteiger partial charge on any atom is -0.363 e. The highest BCUT2D eigenvalue weighted by atomic mass is 32.2. The molecule has 13 heteroatoms. The topological polar surface area (TPSA) is 185 Å². The summed E-state index contributed by atoms with van der Waals surface area (Å²) in [4.78, 5) is 67.9. The SMILES string of the molecule is CC1(C)C2CN(C(=O)[C@@H](NC(=O)NC3(CS(=O)(=O)c4ccccc4)CCCC3)C(C)(C)C)[C@H](C(=O)NC(CC3CC3)C(=O)C(N)=O)C21. The van der Waals surface area contributed by atoms with E-state index in [2.05, 4.69) is 16.0 Å². The number of amides is 5. The molecular weight excluding hydrogens is 622 g/mol. The van der Waals surface area contributed by atoms with Crippen molar-refractivity contribution >= 4 is 39.4 Å². The van der Waals surface area contributed by atoms with E-state index in [1.807, 2.05) is 34.6 Å². The van der Waals surface area contributed by atoms with Crippen LogP contribution < -0.4 is 21.7 Å². The average molecular weight is 672 g/mol. The van der Waals surface area contributed by atoms with Crippen molar-refractivity contribution in [3.8, 4) is 0 Å². The molecular formula is C34H49N5O7S. The second-order valence-corrected chi connectivity index (χ2v) is 17.8. The van der Waals surface area contributed by atoms with E-state index >= 15 is 0 Å². The van der Waals surface area contributed by atoms with E-state index in [-0.39, 0.29) is 33.8 Å². The Morgan fingerprint density at radius 2 is 1.62 bits per heavy atom. The molecule has 0 radical (unpaired) electrons. The molecule has 5 amide bonds. The monoisotopic (exact) mass is 671 g/mol. The largest absolute Gasteiger partial charge is 0.363 e. The number of primary amides is 1. The number of nitrogens with one attached hydrogen (secondary N) is 3. The zero-order valence-electron chi connectivity index (χ0n) is 28.0. The van der Waals surface area contributed by atoms with Crippen molar-refractivity contribution in [3.63, 3.8) is 0 Å². The Balaban J connectivity index is 1.33. The first-order chi connectivity index (χ1) is 21.9. The molecule has 1 aromatic rings. The summed E-state index contributed by atoms with van der Waals surface area (Å²) in [5, 5.41) is 8.55. The summed E-state index contributed by atoms with van der Waals surface area (Å²) in [7, 11) is -3.70. The molecule has 1 saturated heterocycles. The Kier molecular flexibility index (Phi) is 9.28. The number of ketones is 1. The standard InChI is InChI=1S/C34H49N5O7S/c1-32(2,3)27(37-31(44)38-34(15-9-10-16-34)19-47(45,46)21-11-7-6-8-12-21)30(43)39-18-22-24(33(22,4)5)25(39)29(42)36-23(17-20-13-14-20)26(40)28(35)41/h6-8,11-12,20,22-25,27H,9-10,13-19H2,1-5H3,(H2,35,41)(H,36,42)(H2,37,38,44)/t22?,23?,24?,25-,27+/m0/s1. The van der Waals surface area contributed by atoms with Crippen molar-refractivity contribution < 1.29 is 32.4 Å². The van der Waals surface area contributed by atoms with Crippen LogP contribution in [0.4, 0.5) is 4.79 Å². The van der Waals surface area contributed by atoms with E-state index in [4.69, 9.17) is 5.73 Å². The Labute approximate surface area is 277 Å². The smallest absolute Gasteiger partial charge is 0.315 e. The van der Waals surface area contributed by atoms with Crippen molar-refractivity contribution in [2.75, 3.05) is 12.3 Å². The fourth-order valence-corrected chi connectivity index (χ4v) is 9.64. The van der Waals surface area contributed by atoms with Crippen molar-refractivity contribution in [3.05, 3.63) is 30.3 Å². The molecule has 0 spiro atoms. The lowest BCUT2D eigenvalue weighted by Crippen LogP contribution is -2.63. The normalized spacial score (nSPS) is 25.6. The maximum atomic E-state index is 14.3. The van der Waals surface area contributed by atoms with Gasteiger partial charge >= 0.3 is 6.03 Å². The highest BCUT2D eigenvalue weighted by Gasteiger charge is 2.70. The van der Waals surface area contributed by atoms with Crippen LogP contribution in [-0.2, 0) is 29.0 Å². The van der Waals surface area contributed by atoms with E-state index in [0.29, 0.717) is 25.8 Å². The zero-order valence-corrected chi connectivity index (χ0v) is 28.8. The molecule has 3 unspecified atom stereocenters. The number of fused-ring (bicyclic) bond motifs is 1. The van der Waals surface area contributed by atoms with Crippen molar-refractivity contribution in [1.29, 1.82) is 0 Å². The van der Waals surface area contributed by atoms with Crippen LogP contribution in [0, 0.1) is 28.6 Å². The molecule has 0 aromatic heterocycles. The quantitative estimate of drug-likeness (QED) is 0.246. The van der Waals surface area contributed by atoms with Gasteiger partial charge in [-0.3, -0.25) is 19.2 Å². The Morgan fingerprint density at radius 1 is 1.00 bits per heavy atom. The lowest BCUT2D eigenvalue weighted by molar-refractivity contribution is -0.145. The van der Waals surface area contributed by atoms with Crippen molar-refractivity contribution in [2.24, 2.45) is 34.3 Å². The third-order valence-corrected chi connectivity index (χ3v) is 12.7. The molecule has 3 aliphatic carbocycles. The van der Waals surface area contributed by atoms with Gasteiger partial charge in [-0.2, -0.15) is 0 Å². The number of hydrogen-bond donors (Lipinski definition) is 4. The van der Waals surface area contributed by atoms with Gasteiger partial charge in [-0.15, -0.1) is 0 Å². The van der Waals surface area contributed by atoms with Gasteiger partial charge in [-0.1, -0.05) is 78.5 Å². The van der Waals surface area contributed by atoms with Gasteiger partial charge in [0.15, 0.2) is 9.84 Å². The van der Waals surface area contributed by atoms with Gasteiger partial charge in [0.1, 0.15) is 12.1 Å². The van der Waals surface area contributed by atoms with Crippen molar-refractivity contribution in [1.82, 2.24) is 20.9 Å². The van der Waals surface area contributed by atoms with E-state index in [1.54, 1.807) is 30.3 Å². The number of piperidine rings is 1. The number of Topliss-reactive ketones (excluding diaryl/α,β-unsaturated/α-hetero) is 1. The van der Waals surface area contributed by atoms with Crippen LogP contribution in [0.15, 0.2) is 35.2 Å². The fourth-order valence-electron chi connectivity index (χ4n) is 7.82. The van der Waals surface area contributed by atoms with E-state index in [0.717, 1.165) is 25.7 Å². The molecule has 5 N–H and O–H groups in total. The molecule has 1 aliphatic heterocycles. The van der Waals surface area contributed by atoms with Crippen LogP contribution in [0.1, 0.15) is 79.6 Å². The molecule has 258 valence electrons. The third kappa shape index (κ3) is 7.34. The summed E-state index contributed by atoms with van der Waals surface area (Å²) in [6, 6.07) is 4.51. The van der Waals surface area contributed by atoms with Gasteiger partial charge in [-0.05, 0) is 60.0 Å². The second kappa shape index (κ2) is 12.5. The van der Waals surface area contributed by atoms with Crippen LogP contribution in [-0.4, -0.2) is 78.8 Å². The minimum atomic E-state index is -3.70. The van der Waals surface area contributed by atoms with Crippen LogP contribution >= 0.6 is 0 Å². The number of benzene rings is 1. The lowest BCUT2D eigenvalue weighted by atomic mass is 9.85. The number of rotatable bonds is 12. The van der Waals surface area contributed by atoms with Gasteiger partial charge in [0.05, 0.1) is 22.2 Å². The van der Waals surface area contributed by atoms with Crippen LogP contribution in [0.3, 0.4) is 0 Å². The Hall–Kier alpha value is -3.48. The number of sulfone groups is 1. The van der Waals surface area contributed by atoms with Gasteiger partial charge < -0.3 is 26.6 Å². The first-order valence-electron chi connectivity index (χ1n) is 16.7. The summed E-state index contributed by atoms with van der Waals surface area (Å²) in [5.41, 5.74) is 3.33. The second-order valence-electron chi connectivity index (χ2n) is 15.8.